The van der Waals surface area contributed by atoms with E-state index in [0.717, 1.165) is 47.6 Å². The van der Waals surface area contributed by atoms with Crippen molar-refractivity contribution in [2.75, 3.05) is 54.7 Å². The van der Waals surface area contributed by atoms with E-state index in [1.807, 2.05) is 36.6 Å². The first-order valence-electron chi connectivity index (χ1n) is 9.97. The van der Waals surface area contributed by atoms with Crippen LogP contribution in [0.2, 0.25) is 0 Å². The van der Waals surface area contributed by atoms with Gasteiger partial charge in [-0.3, -0.25) is 9.59 Å². The third-order valence-electron chi connectivity index (χ3n) is 4.38. The Labute approximate surface area is 191 Å². The number of aldehydes is 1. The monoisotopic (exact) mass is 448 g/mol. The topological polar surface area (TPSA) is 59.1 Å². The van der Waals surface area contributed by atoms with E-state index in [9.17, 15) is 9.59 Å². The molecule has 0 atom stereocenters. The van der Waals surface area contributed by atoms with Crippen molar-refractivity contribution >= 4 is 24.5 Å². The van der Waals surface area contributed by atoms with Gasteiger partial charge in [0.25, 0.3) is 0 Å². The molecule has 0 aliphatic carbocycles. The minimum absolute atomic E-state index is 0.616. The fourth-order valence-corrected chi connectivity index (χ4v) is 2.89. The van der Waals surface area contributed by atoms with Crippen molar-refractivity contribution in [2.45, 2.75) is 18.7 Å². The summed E-state index contributed by atoms with van der Waals surface area (Å²) in [5, 5.41) is 0. The normalized spacial score (nSPS) is 9.58. The lowest BCUT2D eigenvalue weighted by Gasteiger charge is -2.12. The van der Waals surface area contributed by atoms with Crippen molar-refractivity contribution in [3.05, 3.63) is 42.0 Å². The fourth-order valence-electron chi connectivity index (χ4n) is 2.26. The maximum Gasteiger partial charge on any atom is 0.209 e. The summed E-state index contributed by atoms with van der Waals surface area (Å²) in [7, 11) is 8.72. The van der Waals surface area contributed by atoms with Gasteiger partial charge in [0.2, 0.25) is 6.41 Å². The van der Waals surface area contributed by atoms with Gasteiger partial charge in [-0.25, -0.2) is 0 Å². The summed E-state index contributed by atoms with van der Waals surface area (Å²) in [5.41, 5.74) is 2.53. The summed E-state index contributed by atoms with van der Waals surface area (Å²) < 4.78 is 10.4. The van der Waals surface area contributed by atoms with E-state index in [2.05, 4.69) is 25.8 Å². The zero-order valence-corrected chi connectivity index (χ0v) is 20.8. The predicted molar refractivity (Wildman–Crippen MR) is 131 cm³/mol. The fraction of sp³-hybridized carbons (Fsp3) is 0.417. The van der Waals surface area contributed by atoms with Crippen molar-refractivity contribution in [2.24, 2.45) is 0 Å². The number of carbonyl (C=O) groups is 2. The molecule has 0 fully saturated rings. The summed E-state index contributed by atoms with van der Waals surface area (Å²) in [6.07, 6.45) is 3.61. The van der Waals surface area contributed by atoms with Crippen LogP contribution < -0.4 is 9.47 Å². The van der Waals surface area contributed by atoms with Gasteiger partial charge in [0.05, 0.1) is 14.2 Å². The highest BCUT2D eigenvalue weighted by molar-refractivity contribution is 7.98. The third-order valence-corrected chi connectivity index (χ3v) is 5.15. The summed E-state index contributed by atoms with van der Waals surface area (Å²) in [5.74, 6) is 1.48. The minimum Gasteiger partial charge on any atom is -0.497 e. The van der Waals surface area contributed by atoms with Gasteiger partial charge in [0.1, 0.15) is 11.5 Å². The zero-order valence-electron chi connectivity index (χ0n) is 20.0. The molecule has 31 heavy (non-hydrogen) atoms. The van der Waals surface area contributed by atoms with Crippen molar-refractivity contribution < 1.29 is 19.1 Å². The number of nitrogens with zero attached hydrogens (tertiary/aromatic N) is 2. The molecule has 2 rings (SSSR count). The second-order valence-electron chi connectivity index (χ2n) is 6.69. The number of hydrogen-bond donors (Lipinski definition) is 0. The molecule has 7 heteroatoms. The lowest BCUT2D eigenvalue weighted by atomic mass is 10.00. The van der Waals surface area contributed by atoms with Gasteiger partial charge in [-0.2, -0.15) is 0 Å². The van der Waals surface area contributed by atoms with E-state index in [4.69, 9.17) is 9.47 Å². The lowest BCUT2D eigenvalue weighted by Crippen LogP contribution is -2.15. The number of hydrogen-bond acceptors (Lipinski definition) is 6. The van der Waals surface area contributed by atoms with E-state index in [0.29, 0.717) is 11.3 Å². The molecule has 0 aromatic heterocycles. The molecular formula is C24H36N2O4S. The molecule has 172 valence electrons. The molecule has 2 aromatic rings. The second-order valence-corrected chi connectivity index (χ2v) is 7.54. The maximum absolute atomic E-state index is 11.3. The van der Waals surface area contributed by atoms with Gasteiger partial charge in [-0.15, -0.1) is 11.8 Å². The Morgan fingerprint density at radius 2 is 1.35 bits per heavy atom. The van der Waals surface area contributed by atoms with E-state index < -0.39 is 0 Å². The first-order chi connectivity index (χ1) is 14.8. The summed E-state index contributed by atoms with van der Waals surface area (Å²) in [6, 6.07) is 11.4. The van der Waals surface area contributed by atoms with Gasteiger partial charge >= 0.3 is 0 Å². The second kappa shape index (κ2) is 16.2. The smallest absolute Gasteiger partial charge is 0.209 e. The molecule has 0 radical (unpaired) electrons. The Morgan fingerprint density at radius 3 is 1.71 bits per heavy atom. The summed E-state index contributed by atoms with van der Waals surface area (Å²) >= 11 is 1.62. The first kappa shape index (κ1) is 28.5. The van der Waals surface area contributed by atoms with Crippen LogP contribution in [0.1, 0.15) is 24.2 Å². The van der Waals surface area contributed by atoms with Crippen LogP contribution >= 0.6 is 11.8 Å². The first-order valence-corrected chi connectivity index (χ1v) is 11.2. The standard InChI is InChI=1S/C16H16O3S.C5H13N.C3H7NO/c1-18-12-4-6-14(11(8-12)10-17)15-7-5-13(19-2)9-16(15)20-3;1-4-6(3)5-2;1-4(2)3-5/h4-10H,1-3H3;4-5H2,1-3H3;3H,1-2H3. The number of amides is 1. The Bertz CT molecular complexity index is 793. The van der Waals surface area contributed by atoms with Crippen molar-refractivity contribution in [3.63, 3.8) is 0 Å². The molecule has 0 spiro atoms. The van der Waals surface area contributed by atoms with Crippen LogP contribution in [0.25, 0.3) is 11.1 Å². The SMILES string of the molecule is CCN(C)CC.CN(C)C=O.COc1ccc(-c2ccc(OC)cc2SC)c(C=O)c1. The Hall–Kier alpha value is -2.51. The summed E-state index contributed by atoms with van der Waals surface area (Å²) in [6.45, 7) is 6.64. The molecular weight excluding hydrogens is 412 g/mol. The number of carbonyl (C=O) groups excluding carboxylic acids is 2. The van der Waals surface area contributed by atoms with Crippen LogP contribution in [0.3, 0.4) is 0 Å². The minimum atomic E-state index is 0.616. The van der Waals surface area contributed by atoms with Crippen molar-refractivity contribution in [3.8, 4) is 22.6 Å². The molecule has 0 aliphatic rings. The third kappa shape index (κ3) is 10.4. The largest absolute Gasteiger partial charge is 0.497 e. The van der Waals surface area contributed by atoms with E-state index in [1.54, 1.807) is 46.1 Å². The number of methoxy groups -OCH3 is 2. The van der Waals surface area contributed by atoms with Crippen molar-refractivity contribution in [1.29, 1.82) is 0 Å². The molecule has 0 saturated carbocycles. The number of benzene rings is 2. The molecule has 0 aliphatic heterocycles. The van der Waals surface area contributed by atoms with Gasteiger partial charge in [-0.05, 0) is 73.9 Å². The molecule has 0 N–H and O–H groups in total. The molecule has 0 heterocycles. The van der Waals surface area contributed by atoms with Gasteiger partial charge in [0, 0.05) is 24.6 Å². The zero-order chi connectivity index (χ0) is 23.8. The molecule has 2 aromatic carbocycles. The van der Waals surface area contributed by atoms with Gasteiger partial charge < -0.3 is 19.3 Å². The van der Waals surface area contributed by atoms with Crippen LogP contribution in [-0.2, 0) is 4.79 Å². The average Bonchev–Trinajstić information content (AvgIpc) is 2.83. The summed E-state index contributed by atoms with van der Waals surface area (Å²) in [4.78, 5) is 25.5. The maximum atomic E-state index is 11.3. The number of rotatable bonds is 8. The van der Waals surface area contributed by atoms with Crippen LogP contribution in [-0.4, -0.2) is 77.2 Å². The van der Waals surface area contributed by atoms with Crippen LogP contribution in [0, 0.1) is 0 Å². The molecule has 6 nitrogen and oxygen atoms in total. The lowest BCUT2D eigenvalue weighted by molar-refractivity contribution is -0.115. The van der Waals surface area contributed by atoms with E-state index in [-0.39, 0.29) is 0 Å². The van der Waals surface area contributed by atoms with Crippen molar-refractivity contribution in [1.82, 2.24) is 9.80 Å². The van der Waals surface area contributed by atoms with E-state index >= 15 is 0 Å². The van der Waals surface area contributed by atoms with E-state index in [1.165, 1.54) is 4.90 Å². The van der Waals surface area contributed by atoms with Gasteiger partial charge in [-0.1, -0.05) is 13.8 Å². The molecule has 1 amide bonds. The predicted octanol–water partition coefficient (Wildman–Crippen LogP) is 4.57. The Balaban J connectivity index is 0.000000679. The molecule has 0 unspecified atom stereocenters. The van der Waals surface area contributed by atoms with Gasteiger partial charge in [0.15, 0.2) is 6.29 Å². The quantitative estimate of drug-likeness (QED) is 0.436. The Kier molecular flexibility index (Phi) is 14.9. The van der Waals surface area contributed by atoms with Crippen LogP contribution in [0.15, 0.2) is 41.3 Å². The highest BCUT2D eigenvalue weighted by atomic mass is 32.2. The average molecular weight is 449 g/mol. The Morgan fingerprint density at radius 1 is 0.871 bits per heavy atom. The number of ether oxygens (including phenoxy) is 2. The van der Waals surface area contributed by atoms with Crippen LogP contribution in [0.5, 0.6) is 11.5 Å². The molecule has 0 saturated heterocycles. The number of thioether (sulfide) groups is 1. The highest BCUT2D eigenvalue weighted by Crippen LogP contribution is 2.35. The van der Waals surface area contributed by atoms with Crippen LogP contribution in [0.4, 0.5) is 0 Å². The molecule has 0 bridgehead atoms. The highest BCUT2D eigenvalue weighted by Gasteiger charge is 2.11.